The summed E-state index contributed by atoms with van der Waals surface area (Å²) in [6.45, 7) is 10.5. The molecule has 0 aliphatic rings. The second-order valence-corrected chi connectivity index (χ2v) is 1.41. The van der Waals surface area contributed by atoms with Gasteiger partial charge in [-0.25, -0.2) is 8.78 Å². The van der Waals surface area contributed by atoms with Crippen LogP contribution in [0.4, 0.5) is 8.78 Å². The first-order chi connectivity index (χ1) is 5.22. The fraction of sp³-hybridized carbons (Fsp3) is 0.333. The number of allylic oxidation sites excluding steroid dienone is 4. The average Bonchev–Trinajstić information content (AvgIpc) is 2.03. The standard InChI is InChI=1S/C7H8F2.C2H6/c1-3-5-6(4-2)7(8)9;1-2/h3-5,7H,1-2H2;1-2H3/b6-5+;. The van der Waals surface area contributed by atoms with Crippen LogP contribution >= 0.6 is 0 Å². The first-order valence-electron chi connectivity index (χ1n) is 3.45. The Labute approximate surface area is 66.9 Å². The van der Waals surface area contributed by atoms with Gasteiger partial charge in [0.1, 0.15) is 0 Å². The predicted octanol–water partition coefficient (Wildman–Crippen LogP) is 3.58. The Morgan fingerprint density at radius 2 is 1.73 bits per heavy atom. The molecule has 0 radical (unpaired) electrons. The summed E-state index contributed by atoms with van der Waals surface area (Å²) in [5.74, 6) is 0. The van der Waals surface area contributed by atoms with E-state index in [4.69, 9.17) is 0 Å². The summed E-state index contributed by atoms with van der Waals surface area (Å²) < 4.78 is 23.4. The summed E-state index contributed by atoms with van der Waals surface area (Å²) in [6, 6.07) is 0. The summed E-state index contributed by atoms with van der Waals surface area (Å²) in [5, 5.41) is 0. The monoisotopic (exact) mass is 160 g/mol. The zero-order chi connectivity index (χ0) is 9.28. The van der Waals surface area contributed by atoms with Gasteiger partial charge in [-0.05, 0) is 0 Å². The third-order valence-corrected chi connectivity index (χ3v) is 0.798. The lowest BCUT2D eigenvalue weighted by molar-refractivity contribution is 0.194. The molecule has 0 saturated heterocycles. The average molecular weight is 160 g/mol. The van der Waals surface area contributed by atoms with Crippen molar-refractivity contribution < 1.29 is 8.78 Å². The molecule has 0 N–H and O–H groups in total. The van der Waals surface area contributed by atoms with Gasteiger partial charge in [-0.3, -0.25) is 0 Å². The number of halogens is 2. The second-order valence-electron chi connectivity index (χ2n) is 1.41. The van der Waals surface area contributed by atoms with Crippen LogP contribution in [0.25, 0.3) is 0 Å². The molecule has 0 aromatic rings. The molecule has 0 aliphatic heterocycles. The van der Waals surface area contributed by atoms with Crippen molar-refractivity contribution in [3.05, 3.63) is 37.0 Å². The molecule has 0 spiro atoms. The van der Waals surface area contributed by atoms with Crippen LogP contribution in [0.15, 0.2) is 37.0 Å². The van der Waals surface area contributed by atoms with Crippen LogP contribution < -0.4 is 0 Å². The van der Waals surface area contributed by atoms with Crippen LogP contribution in [0.5, 0.6) is 0 Å². The molecular weight excluding hydrogens is 146 g/mol. The molecule has 0 amide bonds. The van der Waals surface area contributed by atoms with Crippen molar-refractivity contribution in [2.45, 2.75) is 20.3 Å². The van der Waals surface area contributed by atoms with Crippen molar-refractivity contribution in [2.75, 3.05) is 0 Å². The van der Waals surface area contributed by atoms with Crippen molar-refractivity contribution in [1.29, 1.82) is 0 Å². The van der Waals surface area contributed by atoms with Gasteiger partial charge in [-0.15, -0.1) is 0 Å². The van der Waals surface area contributed by atoms with Gasteiger partial charge in [0.25, 0.3) is 6.43 Å². The molecule has 11 heavy (non-hydrogen) atoms. The number of hydrogen-bond acceptors (Lipinski definition) is 0. The lowest BCUT2D eigenvalue weighted by atomic mass is 10.2. The van der Waals surface area contributed by atoms with Crippen LogP contribution in [0.1, 0.15) is 13.8 Å². The Morgan fingerprint density at radius 3 is 1.82 bits per heavy atom. The highest BCUT2D eigenvalue weighted by molar-refractivity contribution is 5.22. The van der Waals surface area contributed by atoms with E-state index in [9.17, 15) is 8.78 Å². The lowest BCUT2D eigenvalue weighted by Gasteiger charge is -1.94. The van der Waals surface area contributed by atoms with Gasteiger partial charge in [-0.2, -0.15) is 0 Å². The second kappa shape index (κ2) is 9.08. The van der Waals surface area contributed by atoms with Gasteiger partial charge in [0.05, 0.1) is 0 Å². The van der Waals surface area contributed by atoms with Crippen molar-refractivity contribution in [1.82, 2.24) is 0 Å². The van der Waals surface area contributed by atoms with Crippen LogP contribution in [0.2, 0.25) is 0 Å². The highest BCUT2D eigenvalue weighted by Crippen LogP contribution is 2.08. The molecular formula is C9H14F2. The zero-order valence-corrected chi connectivity index (χ0v) is 6.98. The van der Waals surface area contributed by atoms with Gasteiger partial charge in [0.15, 0.2) is 0 Å². The van der Waals surface area contributed by atoms with E-state index in [0.717, 1.165) is 6.08 Å². The molecule has 0 heterocycles. The van der Waals surface area contributed by atoms with Gasteiger partial charge < -0.3 is 0 Å². The van der Waals surface area contributed by atoms with E-state index in [1.54, 1.807) is 0 Å². The van der Waals surface area contributed by atoms with Gasteiger partial charge >= 0.3 is 0 Å². The summed E-state index contributed by atoms with van der Waals surface area (Å²) >= 11 is 0. The van der Waals surface area contributed by atoms with Crippen molar-refractivity contribution in [3.8, 4) is 0 Å². The highest BCUT2D eigenvalue weighted by Gasteiger charge is 2.03. The van der Waals surface area contributed by atoms with E-state index in [0.29, 0.717) is 0 Å². The minimum absolute atomic E-state index is 0.0926. The minimum atomic E-state index is -2.44. The smallest absolute Gasteiger partial charge is 0.205 e. The molecule has 0 aromatic heterocycles. The fourth-order valence-corrected chi connectivity index (χ4v) is 0.366. The molecule has 0 aromatic carbocycles. The maximum Gasteiger partial charge on any atom is 0.263 e. The molecule has 0 fully saturated rings. The van der Waals surface area contributed by atoms with Gasteiger partial charge in [-0.1, -0.05) is 45.2 Å². The van der Waals surface area contributed by atoms with Crippen molar-refractivity contribution in [3.63, 3.8) is 0 Å². The van der Waals surface area contributed by atoms with E-state index in [2.05, 4.69) is 13.2 Å². The van der Waals surface area contributed by atoms with E-state index < -0.39 is 6.43 Å². The minimum Gasteiger partial charge on any atom is -0.205 e. The number of alkyl halides is 2. The SMILES string of the molecule is C=C/C=C(\C=C)C(F)F.CC. The van der Waals surface area contributed by atoms with E-state index in [1.807, 2.05) is 13.8 Å². The summed E-state index contributed by atoms with van der Waals surface area (Å²) in [6.07, 6.45) is 1.22. The normalized spacial score (nSPS) is 10.1. The molecule has 64 valence electrons. The molecule has 0 nitrogen and oxygen atoms in total. The maximum absolute atomic E-state index is 11.7. The van der Waals surface area contributed by atoms with Gasteiger partial charge in [0.2, 0.25) is 0 Å². The Balaban J connectivity index is 0. The molecule has 0 unspecified atom stereocenters. The highest BCUT2D eigenvalue weighted by atomic mass is 19.3. The summed E-state index contributed by atoms with van der Waals surface area (Å²) in [5.41, 5.74) is -0.0926. The third kappa shape index (κ3) is 6.97. The van der Waals surface area contributed by atoms with Crippen LogP contribution in [-0.2, 0) is 0 Å². The molecule has 2 heteroatoms. The lowest BCUT2D eigenvalue weighted by Crippen LogP contribution is -1.91. The summed E-state index contributed by atoms with van der Waals surface area (Å²) in [7, 11) is 0. The third-order valence-electron chi connectivity index (χ3n) is 0.798. The van der Waals surface area contributed by atoms with E-state index in [-0.39, 0.29) is 5.57 Å². The Bertz CT molecular complexity index is 134. The quantitative estimate of drug-likeness (QED) is 0.553. The zero-order valence-electron chi connectivity index (χ0n) is 6.98. The summed E-state index contributed by atoms with van der Waals surface area (Å²) in [4.78, 5) is 0. The molecule has 0 rings (SSSR count). The van der Waals surface area contributed by atoms with Crippen LogP contribution in [-0.4, -0.2) is 6.43 Å². The topological polar surface area (TPSA) is 0 Å². The largest absolute Gasteiger partial charge is 0.263 e. The fourth-order valence-electron chi connectivity index (χ4n) is 0.366. The van der Waals surface area contributed by atoms with Gasteiger partial charge in [0, 0.05) is 5.57 Å². The first-order valence-corrected chi connectivity index (χ1v) is 3.45. The number of rotatable bonds is 3. The Kier molecular flexibility index (Phi) is 10.5. The molecule has 0 atom stereocenters. The molecule has 0 bridgehead atoms. The predicted molar refractivity (Wildman–Crippen MR) is 45.8 cm³/mol. The Morgan fingerprint density at radius 1 is 1.27 bits per heavy atom. The van der Waals surface area contributed by atoms with E-state index in [1.165, 1.54) is 12.2 Å². The number of hydrogen-bond donors (Lipinski definition) is 0. The van der Waals surface area contributed by atoms with Crippen LogP contribution in [0, 0.1) is 0 Å². The Hall–Kier alpha value is -0.920. The van der Waals surface area contributed by atoms with E-state index >= 15 is 0 Å². The van der Waals surface area contributed by atoms with Crippen molar-refractivity contribution >= 4 is 0 Å². The molecule has 0 saturated carbocycles. The van der Waals surface area contributed by atoms with Crippen LogP contribution in [0.3, 0.4) is 0 Å². The first kappa shape index (κ1) is 12.7. The van der Waals surface area contributed by atoms with Crippen molar-refractivity contribution in [2.24, 2.45) is 0 Å². The maximum atomic E-state index is 11.7. The molecule has 0 aliphatic carbocycles.